The van der Waals surface area contributed by atoms with Crippen LogP contribution in [0.25, 0.3) is 0 Å². The van der Waals surface area contributed by atoms with E-state index in [0.717, 1.165) is 38.5 Å². The van der Waals surface area contributed by atoms with E-state index in [0.29, 0.717) is 0 Å². The molecule has 0 aliphatic heterocycles. The first kappa shape index (κ1) is 22.9. The third kappa shape index (κ3) is 15.8. The fraction of sp³-hybridized carbons (Fsp3) is 0.773. The average Bonchev–Trinajstić information content (AvgIpc) is 2.57. The second-order valence-electron chi connectivity index (χ2n) is 6.83. The lowest BCUT2D eigenvalue weighted by Crippen LogP contribution is -2.13. The van der Waals surface area contributed by atoms with Crippen LogP contribution in [-0.2, 0) is 4.79 Å². The van der Waals surface area contributed by atoms with Gasteiger partial charge in [0.1, 0.15) is 0 Å². The Bertz CT molecular complexity index is 305. The van der Waals surface area contributed by atoms with Crippen molar-refractivity contribution in [1.29, 1.82) is 0 Å². The van der Waals surface area contributed by atoms with E-state index in [4.69, 9.17) is 0 Å². The molecule has 0 aliphatic rings. The molecule has 0 aliphatic carbocycles. The zero-order valence-electron chi connectivity index (χ0n) is 16.1. The van der Waals surface area contributed by atoms with E-state index in [2.05, 4.69) is 38.2 Å². The van der Waals surface area contributed by atoms with E-state index in [1.807, 2.05) is 0 Å². The molecule has 0 amide bonds. The van der Waals surface area contributed by atoms with Gasteiger partial charge in [0.2, 0.25) is 0 Å². The molecule has 0 saturated carbocycles. The normalized spacial score (nSPS) is 12.0. The molecule has 1 N–H and O–H groups in total. The van der Waals surface area contributed by atoms with Crippen molar-refractivity contribution in [1.82, 2.24) is 0 Å². The van der Waals surface area contributed by atoms with E-state index in [1.165, 1.54) is 51.4 Å². The summed E-state index contributed by atoms with van der Waals surface area (Å²) in [6.07, 6.45) is 24.7. The van der Waals surface area contributed by atoms with Gasteiger partial charge in [-0.15, -0.1) is 0 Å². The summed E-state index contributed by atoms with van der Waals surface area (Å²) in [6, 6.07) is 0. The molecule has 0 aromatic heterocycles. The third-order valence-corrected chi connectivity index (χ3v) is 4.48. The first-order valence-corrected chi connectivity index (χ1v) is 10.2. The first-order valence-electron chi connectivity index (χ1n) is 10.2. The summed E-state index contributed by atoms with van der Waals surface area (Å²) in [5.74, 6) is -0.777. The number of aliphatic carboxylic acids is 1. The summed E-state index contributed by atoms with van der Waals surface area (Å²) in [5.41, 5.74) is 0. The largest absolute Gasteiger partial charge is 0.481 e. The topological polar surface area (TPSA) is 37.3 Å². The predicted octanol–water partition coefficient (Wildman–Crippen LogP) is 7.30. The van der Waals surface area contributed by atoms with Gasteiger partial charge in [-0.2, -0.15) is 0 Å². The fourth-order valence-corrected chi connectivity index (χ4v) is 2.85. The van der Waals surface area contributed by atoms with Gasteiger partial charge in [-0.25, -0.2) is 0 Å². The van der Waals surface area contributed by atoms with E-state index in [1.54, 1.807) is 0 Å². The van der Waals surface area contributed by atoms with Gasteiger partial charge in [0.25, 0.3) is 0 Å². The van der Waals surface area contributed by atoms with Crippen molar-refractivity contribution in [3.05, 3.63) is 24.3 Å². The van der Waals surface area contributed by atoms with Crippen LogP contribution in [0.15, 0.2) is 24.3 Å². The van der Waals surface area contributed by atoms with Gasteiger partial charge < -0.3 is 5.11 Å². The standard InChI is InChI=1S/C22H40O2/c1-3-5-7-9-11-13-15-17-19-21(22(23)24)20-18-16-14-12-10-8-6-4-2/h11-14,21H,3-10,15-20H2,1-2H3,(H,23,24)/b13-11-,14-12-. The average molecular weight is 337 g/mol. The molecule has 0 atom stereocenters. The number of hydrogen-bond donors (Lipinski definition) is 1. The molecule has 0 rings (SSSR count). The predicted molar refractivity (Wildman–Crippen MR) is 105 cm³/mol. The van der Waals surface area contributed by atoms with Crippen molar-refractivity contribution in [2.24, 2.45) is 5.92 Å². The molecule has 0 aromatic rings. The maximum absolute atomic E-state index is 11.3. The van der Waals surface area contributed by atoms with Crippen LogP contribution in [0, 0.1) is 5.92 Å². The third-order valence-electron chi connectivity index (χ3n) is 4.48. The number of carbonyl (C=O) groups is 1. The number of hydrogen-bond acceptors (Lipinski definition) is 1. The Kier molecular flexibility index (Phi) is 17.5. The van der Waals surface area contributed by atoms with E-state index < -0.39 is 5.97 Å². The van der Waals surface area contributed by atoms with Crippen LogP contribution in [0.1, 0.15) is 104 Å². The molecule has 140 valence electrons. The lowest BCUT2D eigenvalue weighted by atomic mass is 9.95. The van der Waals surface area contributed by atoms with Gasteiger partial charge in [0, 0.05) is 0 Å². The van der Waals surface area contributed by atoms with Crippen LogP contribution in [0.4, 0.5) is 0 Å². The second-order valence-corrected chi connectivity index (χ2v) is 6.83. The molecule has 0 spiro atoms. The lowest BCUT2D eigenvalue weighted by Gasteiger charge is -2.10. The van der Waals surface area contributed by atoms with Gasteiger partial charge in [0.15, 0.2) is 0 Å². The highest BCUT2D eigenvalue weighted by molar-refractivity contribution is 5.69. The number of allylic oxidation sites excluding steroid dienone is 4. The smallest absolute Gasteiger partial charge is 0.306 e. The Labute approximate surface area is 150 Å². The van der Waals surface area contributed by atoms with Crippen molar-refractivity contribution in [3.8, 4) is 0 Å². The Morgan fingerprint density at radius 3 is 1.42 bits per heavy atom. The Morgan fingerprint density at radius 1 is 0.708 bits per heavy atom. The molecule has 2 nitrogen and oxygen atoms in total. The van der Waals surface area contributed by atoms with Crippen LogP contribution >= 0.6 is 0 Å². The second kappa shape index (κ2) is 18.3. The maximum atomic E-state index is 11.3. The van der Waals surface area contributed by atoms with E-state index in [9.17, 15) is 9.90 Å². The quantitative estimate of drug-likeness (QED) is 0.223. The molecular weight excluding hydrogens is 296 g/mol. The molecule has 2 heteroatoms. The summed E-state index contributed by atoms with van der Waals surface area (Å²) in [4.78, 5) is 11.3. The summed E-state index contributed by atoms with van der Waals surface area (Å²) < 4.78 is 0. The van der Waals surface area contributed by atoms with Gasteiger partial charge in [-0.05, 0) is 64.2 Å². The molecular formula is C22H40O2. The van der Waals surface area contributed by atoms with Gasteiger partial charge in [-0.1, -0.05) is 63.8 Å². The minimum Gasteiger partial charge on any atom is -0.481 e. The van der Waals surface area contributed by atoms with Crippen molar-refractivity contribution in [2.75, 3.05) is 0 Å². The summed E-state index contributed by atoms with van der Waals surface area (Å²) in [6.45, 7) is 4.44. The van der Waals surface area contributed by atoms with Crippen molar-refractivity contribution in [2.45, 2.75) is 104 Å². The SMILES string of the molecule is CCCCC/C=C\CCCC(CCC/C=C\CCCCC)C(=O)O. The Morgan fingerprint density at radius 2 is 1.08 bits per heavy atom. The Hall–Kier alpha value is -1.05. The van der Waals surface area contributed by atoms with Crippen LogP contribution < -0.4 is 0 Å². The number of rotatable bonds is 17. The first-order chi connectivity index (χ1) is 11.7. The van der Waals surface area contributed by atoms with Crippen LogP contribution in [0.5, 0.6) is 0 Å². The molecule has 0 aromatic carbocycles. The minimum atomic E-state index is -0.617. The van der Waals surface area contributed by atoms with Crippen LogP contribution in [0.2, 0.25) is 0 Å². The minimum absolute atomic E-state index is 0.160. The van der Waals surface area contributed by atoms with E-state index in [-0.39, 0.29) is 5.92 Å². The van der Waals surface area contributed by atoms with Gasteiger partial charge >= 0.3 is 5.97 Å². The molecule has 0 bridgehead atoms. The van der Waals surface area contributed by atoms with Crippen LogP contribution in [-0.4, -0.2) is 11.1 Å². The highest BCUT2D eigenvalue weighted by Crippen LogP contribution is 2.17. The fourth-order valence-electron chi connectivity index (χ4n) is 2.85. The molecule has 0 unspecified atom stereocenters. The number of unbranched alkanes of at least 4 members (excludes halogenated alkanes) is 8. The molecule has 0 radical (unpaired) electrons. The molecule has 24 heavy (non-hydrogen) atoms. The number of carboxylic acid groups (broad SMARTS) is 1. The van der Waals surface area contributed by atoms with Crippen molar-refractivity contribution < 1.29 is 9.90 Å². The lowest BCUT2D eigenvalue weighted by molar-refractivity contribution is -0.142. The summed E-state index contributed by atoms with van der Waals surface area (Å²) >= 11 is 0. The number of carboxylic acids is 1. The maximum Gasteiger partial charge on any atom is 0.306 e. The Balaban J connectivity index is 3.69. The molecule has 0 saturated heterocycles. The zero-order valence-corrected chi connectivity index (χ0v) is 16.1. The zero-order chi connectivity index (χ0) is 17.9. The highest BCUT2D eigenvalue weighted by atomic mass is 16.4. The van der Waals surface area contributed by atoms with E-state index >= 15 is 0 Å². The molecule has 0 heterocycles. The molecule has 0 fully saturated rings. The van der Waals surface area contributed by atoms with Gasteiger partial charge in [-0.3, -0.25) is 4.79 Å². The van der Waals surface area contributed by atoms with Crippen LogP contribution in [0.3, 0.4) is 0 Å². The summed E-state index contributed by atoms with van der Waals surface area (Å²) in [5, 5.41) is 9.34. The van der Waals surface area contributed by atoms with Gasteiger partial charge in [0.05, 0.1) is 5.92 Å². The highest BCUT2D eigenvalue weighted by Gasteiger charge is 2.15. The monoisotopic (exact) mass is 336 g/mol. The van der Waals surface area contributed by atoms with Crippen molar-refractivity contribution in [3.63, 3.8) is 0 Å². The van der Waals surface area contributed by atoms with Crippen molar-refractivity contribution >= 4 is 5.97 Å². The summed E-state index contributed by atoms with van der Waals surface area (Å²) in [7, 11) is 0.